The second-order valence-electron chi connectivity index (χ2n) is 7.31. The Balaban J connectivity index is 1.80. The van der Waals surface area contributed by atoms with Gasteiger partial charge in [-0.05, 0) is 31.5 Å². The van der Waals surface area contributed by atoms with Crippen LogP contribution in [0.25, 0.3) is 0 Å². The zero-order valence-corrected chi connectivity index (χ0v) is 17.0. The molecular formula is C20H28F2N4O4. The van der Waals surface area contributed by atoms with Crippen LogP contribution < -0.4 is 20.7 Å². The normalized spacial score (nSPS) is 18.5. The number of nitrogens with one attached hydrogen (secondary N) is 1. The molecule has 1 saturated carbocycles. The maximum Gasteiger partial charge on any atom is 0.387 e. The Bertz CT molecular complexity index is 760. The number of benzene rings is 1. The number of nitrogens with zero attached hydrogens (tertiary/aromatic N) is 2. The van der Waals surface area contributed by atoms with Crippen LogP contribution in [-0.4, -0.2) is 68.3 Å². The van der Waals surface area contributed by atoms with Crippen molar-refractivity contribution < 1.29 is 27.8 Å². The molecule has 3 N–H and O–H groups in total. The fraction of sp³-hybridized carbons (Fsp3) is 0.600. The van der Waals surface area contributed by atoms with Crippen LogP contribution >= 0.6 is 0 Å². The number of hydrogen-bond acceptors (Lipinski definition) is 6. The summed E-state index contributed by atoms with van der Waals surface area (Å²) in [6.07, 6.45) is 3.15. The Labute approximate surface area is 174 Å². The van der Waals surface area contributed by atoms with Crippen LogP contribution in [0.2, 0.25) is 0 Å². The van der Waals surface area contributed by atoms with Gasteiger partial charge in [0.2, 0.25) is 5.91 Å². The number of likely N-dealkylation sites (N-methyl/N-ethyl adjacent to an activating group) is 1. The van der Waals surface area contributed by atoms with Crippen molar-refractivity contribution >= 4 is 23.2 Å². The topological polar surface area (TPSA) is 97.1 Å². The van der Waals surface area contributed by atoms with Crippen molar-refractivity contribution in [3.63, 3.8) is 0 Å². The van der Waals surface area contributed by atoms with Gasteiger partial charge in [-0.15, -0.1) is 0 Å². The van der Waals surface area contributed by atoms with Gasteiger partial charge in [0.15, 0.2) is 5.75 Å². The molecule has 0 spiro atoms. The largest absolute Gasteiger partial charge is 0.433 e. The van der Waals surface area contributed by atoms with E-state index in [0.29, 0.717) is 31.4 Å². The third-order valence-electron chi connectivity index (χ3n) is 5.57. The predicted octanol–water partition coefficient (Wildman–Crippen LogP) is 1.79. The minimum absolute atomic E-state index is 0.0737. The average Bonchev–Trinajstić information content (AvgIpc) is 2.67. The highest BCUT2D eigenvalue weighted by molar-refractivity contribution is 5.98. The van der Waals surface area contributed by atoms with Crippen molar-refractivity contribution in [1.29, 1.82) is 0 Å². The van der Waals surface area contributed by atoms with Crippen molar-refractivity contribution in [2.24, 2.45) is 5.73 Å². The minimum atomic E-state index is -3.08. The lowest BCUT2D eigenvalue weighted by Gasteiger charge is -2.41. The summed E-state index contributed by atoms with van der Waals surface area (Å²) in [5.41, 5.74) is 6.37. The third kappa shape index (κ3) is 5.05. The number of alkyl halides is 2. The monoisotopic (exact) mass is 426 g/mol. The van der Waals surface area contributed by atoms with E-state index in [4.69, 9.17) is 10.5 Å². The molecule has 1 aliphatic carbocycles. The van der Waals surface area contributed by atoms with Crippen LogP contribution in [0, 0.1) is 0 Å². The summed E-state index contributed by atoms with van der Waals surface area (Å²) in [4.78, 5) is 28.4. The van der Waals surface area contributed by atoms with Gasteiger partial charge in [0.05, 0.1) is 12.3 Å². The number of ether oxygens (including phenoxy) is 2. The van der Waals surface area contributed by atoms with Crippen LogP contribution in [0.1, 0.15) is 26.2 Å². The van der Waals surface area contributed by atoms with E-state index in [0.717, 1.165) is 19.3 Å². The molecule has 10 heteroatoms. The number of morpholine rings is 1. The lowest BCUT2D eigenvalue weighted by Crippen LogP contribution is -2.54. The van der Waals surface area contributed by atoms with E-state index < -0.39 is 12.7 Å². The van der Waals surface area contributed by atoms with E-state index in [9.17, 15) is 18.4 Å². The molecule has 166 valence electrons. The summed E-state index contributed by atoms with van der Waals surface area (Å²) >= 11 is 0. The van der Waals surface area contributed by atoms with Crippen molar-refractivity contribution in [3.8, 4) is 5.75 Å². The quantitative estimate of drug-likeness (QED) is 0.625. The first-order chi connectivity index (χ1) is 14.4. The van der Waals surface area contributed by atoms with Gasteiger partial charge in [0, 0.05) is 30.9 Å². The lowest BCUT2D eigenvalue weighted by molar-refractivity contribution is -0.125. The van der Waals surface area contributed by atoms with E-state index >= 15 is 0 Å². The first kappa shape index (κ1) is 22.4. The molecular weight excluding hydrogens is 398 g/mol. The van der Waals surface area contributed by atoms with Crippen LogP contribution in [0.4, 0.5) is 20.2 Å². The fourth-order valence-corrected chi connectivity index (χ4v) is 3.83. The fourth-order valence-electron chi connectivity index (χ4n) is 3.83. The van der Waals surface area contributed by atoms with E-state index in [1.54, 1.807) is 6.07 Å². The summed E-state index contributed by atoms with van der Waals surface area (Å²) in [6, 6.07) is 4.10. The molecule has 30 heavy (non-hydrogen) atoms. The van der Waals surface area contributed by atoms with Crippen molar-refractivity contribution in [2.75, 3.05) is 43.1 Å². The highest BCUT2D eigenvalue weighted by atomic mass is 19.3. The van der Waals surface area contributed by atoms with Gasteiger partial charge in [-0.3, -0.25) is 14.5 Å². The summed E-state index contributed by atoms with van der Waals surface area (Å²) in [7, 11) is 0. The molecule has 0 aromatic heterocycles. The van der Waals surface area contributed by atoms with Gasteiger partial charge < -0.3 is 25.4 Å². The Morgan fingerprint density at radius 1 is 1.43 bits per heavy atom. The smallest absolute Gasteiger partial charge is 0.387 e. The Morgan fingerprint density at radius 2 is 2.20 bits per heavy atom. The van der Waals surface area contributed by atoms with E-state index in [2.05, 4.69) is 10.1 Å². The summed E-state index contributed by atoms with van der Waals surface area (Å²) in [5.74, 6) is -0.860. The molecule has 2 amide bonds. The summed E-state index contributed by atoms with van der Waals surface area (Å²) < 4.78 is 35.7. The highest BCUT2D eigenvalue weighted by Gasteiger charge is 2.33. The minimum Gasteiger partial charge on any atom is -0.433 e. The van der Waals surface area contributed by atoms with Gasteiger partial charge in [0.25, 0.3) is 5.91 Å². The maximum atomic E-state index is 13.0. The number of carbonyl (C=O) groups excluding carboxylic acids is 2. The Morgan fingerprint density at radius 3 is 2.77 bits per heavy atom. The average molecular weight is 426 g/mol. The summed E-state index contributed by atoms with van der Waals surface area (Å²) in [5, 5.41) is 2.68. The van der Waals surface area contributed by atoms with Gasteiger partial charge in [-0.2, -0.15) is 8.78 Å². The first-order valence-electron chi connectivity index (χ1n) is 10.2. The molecule has 1 aromatic rings. The zero-order valence-electron chi connectivity index (χ0n) is 17.0. The maximum absolute atomic E-state index is 13.0. The second kappa shape index (κ2) is 10.1. The Hall–Kier alpha value is -2.30. The van der Waals surface area contributed by atoms with Crippen molar-refractivity contribution in [3.05, 3.63) is 18.2 Å². The van der Waals surface area contributed by atoms with E-state index in [1.807, 2.05) is 11.8 Å². The molecule has 0 bridgehead atoms. The number of amides is 2. The van der Waals surface area contributed by atoms with Crippen molar-refractivity contribution in [2.45, 2.75) is 44.9 Å². The second-order valence-corrected chi connectivity index (χ2v) is 7.31. The molecule has 0 radical (unpaired) electrons. The van der Waals surface area contributed by atoms with Gasteiger partial charge in [-0.25, -0.2) is 0 Å². The number of nitrogens with two attached hydrogens (primary N) is 1. The number of halogens is 2. The van der Waals surface area contributed by atoms with Crippen LogP contribution in [0.5, 0.6) is 5.75 Å². The SMILES string of the molecule is CCN(C1CCC1)[C@H](CN)C(=O)Nc1ccc(N2CCOCC2=O)cc1OC(F)F. The van der Waals surface area contributed by atoms with Crippen LogP contribution in [0.3, 0.4) is 0 Å². The Kier molecular flexibility index (Phi) is 7.57. The summed E-state index contributed by atoms with van der Waals surface area (Å²) in [6.45, 7) is 0.245. The number of carbonyl (C=O) groups is 2. The van der Waals surface area contributed by atoms with Gasteiger partial charge in [-0.1, -0.05) is 13.3 Å². The van der Waals surface area contributed by atoms with Crippen molar-refractivity contribution in [1.82, 2.24) is 4.90 Å². The molecule has 1 aromatic carbocycles. The molecule has 2 fully saturated rings. The predicted molar refractivity (Wildman–Crippen MR) is 108 cm³/mol. The number of anilines is 2. The molecule has 1 heterocycles. The highest BCUT2D eigenvalue weighted by Crippen LogP contribution is 2.33. The standard InChI is InChI=1S/C20H28F2N4O4/c1-2-25(13-4-3-5-13)16(11-23)19(28)24-15-7-6-14(10-17(15)30-20(21)22)26-8-9-29-12-18(26)27/h6-7,10,13,16,20H,2-5,8-9,11-12,23H2,1H3,(H,24,28)/t16-/m1/s1. The number of rotatable bonds is 9. The molecule has 3 rings (SSSR count). The van der Waals surface area contributed by atoms with E-state index in [-0.39, 0.29) is 36.4 Å². The van der Waals surface area contributed by atoms with Crippen LogP contribution in [0.15, 0.2) is 18.2 Å². The lowest BCUT2D eigenvalue weighted by atomic mass is 9.90. The van der Waals surface area contributed by atoms with Gasteiger partial charge >= 0.3 is 6.61 Å². The van der Waals surface area contributed by atoms with Crippen LogP contribution in [-0.2, 0) is 14.3 Å². The first-order valence-corrected chi connectivity index (χ1v) is 10.2. The zero-order chi connectivity index (χ0) is 21.7. The van der Waals surface area contributed by atoms with E-state index in [1.165, 1.54) is 17.0 Å². The number of hydrogen-bond donors (Lipinski definition) is 2. The molecule has 1 aliphatic heterocycles. The third-order valence-corrected chi connectivity index (χ3v) is 5.57. The molecule has 0 unspecified atom stereocenters. The molecule has 2 aliphatic rings. The molecule has 1 saturated heterocycles. The van der Waals surface area contributed by atoms with Gasteiger partial charge in [0.1, 0.15) is 12.6 Å². The molecule has 8 nitrogen and oxygen atoms in total. The molecule has 1 atom stereocenters.